The van der Waals surface area contributed by atoms with E-state index in [9.17, 15) is 0 Å². The van der Waals surface area contributed by atoms with Gasteiger partial charge < -0.3 is 5.32 Å². The Morgan fingerprint density at radius 2 is 1.83 bits per heavy atom. The van der Waals surface area contributed by atoms with Crippen molar-refractivity contribution in [2.24, 2.45) is 0 Å². The molecule has 0 spiro atoms. The van der Waals surface area contributed by atoms with Crippen molar-refractivity contribution >= 4 is 18.9 Å². The monoisotopic (exact) mass is 242 g/mol. The van der Waals surface area contributed by atoms with Crippen LogP contribution in [0.15, 0.2) is 31.2 Å². The maximum absolute atomic E-state index is 4.11. The van der Waals surface area contributed by atoms with Crippen molar-refractivity contribution in [3.05, 3.63) is 36.9 Å². The normalized spacial score (nSPS) is 9.44. The molecule has 1 rings (SSSR count). The van der Waals surface area contributed by atoms with Gasteiger partial charge in [0.1, 0.15) is 0 Å². The Hall–Kier alpha value is -0.623. The van der Waals surface area contributed by atoms with E-state index < -0.39 is 0 Å². The Balaban J connectivity index is 0. The Kier molecular flexibility index (Phi) is 14.0. The van der Waals surface area contributed by atoms with Crippen LogP contribution in [0.4, 0.5) is 0 Å². The van der Waals surface area contributed by atoms with Gasteiger partial charge in [-0.2, -0.15) is 0 Å². The van der Waals surface area contributed by atoms with Gasteiger partial charge >= 0.3 is 0 Å². The quantitative estimate of drug-likeness (QED) is 0.637. The molecule has 0 aliphatic heterocycles. The zero-order valence-electron chi connectivity index (χ0n) is 12.5. The number of aryl methyl sites for hydroxylation is 1. The van der Waals surface area contributed by atoms with Crippen molar-refractivity contribution in [1.82, 2.24) is 15.3 Å². The van der Waals surface area contributed by atoms with Gasteiger partial charge in [-0.3, -0.25) is 9.97 Å². The largest absolute Gasteiger partial charge is 0.312 e. The van der Waals surface area contributed by atoms with E-state index in [0.29, 0.717) is 12.1 Å². The first-order valence-corrected chi connectivity index (χ1v) is 6.18. The van der Waals surface area contributed by atoms with Gasteiger partial charge in [-0.15, -0.1) is 6.58 Å². The first-order valence-electron chi connectivity index (χ1n) is 6.18. The van der Waals surface area contributed by atoms with Crippen LogP contribution in [0.25, 0.3) is 0 Å². The van der Waals surface area contributed by atoms with Gasteiger partial charge in [0.2, 0.25) is 0 Å². The van der Waals surface area contributed by atoms with Crippen LogP contribution >= 0.6 is 0 Å². The SMILES string of the molecule is C=CCCc1cnccn1.CC(C)NC(C)C.[Li]. The summed E-state index contributed by atoms with van der Waals surface area (Å²) in [7, 11) is 0. The first kappa shape index (κ1) is 19.7. The molecule has 0 unspecified atom stereocenters. The number of nitrogens with one attached hydrogen (secondary N) is 1. The minimum absolute atomic E-state index is 0. The number of rotatable bonds is 5. The van der Waals surface area contributed by atoms with E-state index >= 15 is 0 Å². The Bertz CT molecular complexity index is 280. The molecule has 3 nitrogen and oxygen atoms in total. The van der Waals surface area contributed by atoms with E-state index in [1.807, 2.05) is 6.08 Å². The van der Waals surface area contributed by atoms with Gasteiger partial charge in [0.15, 0.2) is 0 Å². The third-order valence-corrected chi connectivity index (χ3v) is 1.89. The van der Waals surface area contributed by atoms with Crippen molar-refractivity contribution in [2.45, 2.75) is 52.6 Å². The van der Waals surface area contributed by atoms with Crippen LogP contribution in [0.1, 0.15) is 39.8 Å². The molecule has 1 radical (unpaired) electrons. The molecular formula is C14H25LiN3. The van der Waals surface area contributed by atoms with Gasteiger partial charge in [0.25, 0.3) is 0 Å². The van der Waals surface area contributed by atoms with E-state index in [0.717, 1.165) is 18.5 Å². The number of hydrogen-bond acceptors (Lipinski definition) is 3. The van der Waals surface area contributed by atoms with Gasteiger partial charge in [-0.1, -0.05) is 33.8 Å². The van der Waals surface area contributed by atoms with Gasteiger partial charge in [-0.25, -0.2) is 0 Å². The topological polar surface area (TPSA) is 37.8 Å². The second-order valence-corrected chi connectivity index (χ2v) is 4.50. The summed E-state index contributed by atoms with van der Waals surface area (Å²) >= 11 is 0. The van der Waals surface area contributed by atoms with E-state index in [2.05, 4.69) is 49.6 Å². The third kappa shape index (κ3) is 13.4. The summed E-state index contributed by atoms with van der Waals surface area (Å²) in [4.78, 5) is 8.05. The standard InChI is InChI=1S/C8H10N2.C6H15N.Li/c1-2-3-4-8-7-9-5-6-10-8;1-5(2)7-6(3)4;/h2,5-7H,1,3-4H2;5-7H,1-4H3;. The fraction of sp³-hybridized carbons (Fsp3) is 0.571. The van der Waals surface area contributed by atoms with Crippen LogP contribution in [-0.2, 0) is 6.42 Å². The van der Waals surface area contributed by atoms with Crippen molar-refractivity contribution in [3.8, 4) is 0 Å². The predicted molar refractivity (Wildman–Crippen MR) is 79.7 cm³/mol. The zero-order valence-corrected chi connectivity index (χ0v) is 12.5. The Morgan fingerprint density at radius 3 is 2.17 bits per heavy atom. The Morgan fingerprint density at radius 1 is 1.22 bits per heavy atom. The average molecular weight is 242 g/mol. The van der Waals surface area contributed by atoms with Crippen molar-refractivity contribution in [2.75, 3.05) is 0 Å². The van der Waals surface area contributed by atoms with Gasteiger partial charge in [0, 0.05) is 49.5 Å². The van der Waals surface area contributed by atoms with Crippen LogP contribution in [0.2, 0.25) is 0 Å². The minimum atomic E-state index is 0. The van der Waals surface area contributed by atoms with Crippen molar-refractivity contribution in [3.63, 3.8) is 0 Å². The summed E-state index contributed by atoms with van der Waals surface area (Å²) in [5.41, 5.74) is 1.03. The molecule has 0 aromatic carbocycles. The van der Waals surface area contributed by atoms with Crippen molar-refractivity contribution in [1.29, 1.82) is 0 Å². The fourth-order valence-electron chi connectivity index (χ4n) is 1.38. The number of hydrogen-bond donors (Lipinski definition) is 1. The number of allylic oxidation sites excluding steroid dienone is 1. The van der Waals surface area contributed by atoms with Gasteiger partial charge in [0.05, 0.1) is 5.69 Å². The van der Waals surface area contributed by atoms with Crippen LogP contribution in [0.3, 0.4) is 0 Å². The molecule has 18 heavy (non-hydrogen) atoms. The maximum Gasteiger partial charge on any atom is 0.0589 e. The summed E-state index contributed by atoms with van der Waals surface area (Å²) in [5, 5.41) is 3.31. The summed E-state index contributed by atoms with van der Waals surface area (Å²) in [5.74, 6) is 0. The molecule has 0 saturated heterocycles. The summed E-state index contributed by atoms with van der Waals surface area (Å²) in [6.07, 6.45) is 8.96. The molecule has 1 aromatic heterocycles. The molecule has 1 N–H and O–H groups in total. The molecule has 0 saturated carbocycles. The molecule has 1 aromatic rings. The number of nitrogens with zero attached hydrogens (tertiary/aromatic N) is 2. The molecule has 1 heterocycles. The van der Waals surface area contributed by atoms with Crippen LogP contribution < -0.4 is 5.32 Å². The molecule has 0 amide bonds. The zero-order chi connectivity index (χ0) is 13.1. The molecule has 0 bridgehead atoms. The van der Waals surface area contributed by atoms with E-state index in [1.54, 1.807) is 18.6 Å². The molecule has 0 aliphatic carbocycles. The maximum atomic E-state index is 4.11. The molecule has 4 heteroatoms. The van der Waals surface area contributed by atoms with Crippen LogP contribution in [0, 0.1) is 0 Å². The second kappa shape index (κ2) is 12.8. The predicted octanol–water partition coefficient (Wildman–Crippen LogP) is 2.61. The molecule has 97 valence electrons. The smallest absolute Gasteiger partial charge is 0.0589 e. The van der Waals surface area contributed by atoms with Crippen LogP contribution in [-0.4, -0.2) is 40.9 Å². The summed E-state index contributed by atoms with van der Waals surface area (Å²) in [6, 6.07) is 1.25. The van der Waals surface area contributed by atoms with Gasteiger partial charge in [-0.05, 0) is 12.8 Å². The average Bonchev–Trinajstić information content (AvgIpc) is 2.27. The fourth-order valence-corrected chi connectivity index (χ4v) is 1.38. The number of aromatic nitrogens is 2. The second-order valence-electron chi connectivity index (χ2n) is 4.50. The summed E-state index contributed by atoms with van der Waals surface area (Å²) < 4.78 is 0. The molecule has 0 aliphatic rings. The molecule has 0 fully saturated rings. The van der Waals surface area contributed by atoms with E-state index in [1.165, 1.54) is 0 Å². The van der Waals surface area contributed by atoms with Crippen LogP contribution in [0.5, 0.6) is 0 Å². The van der Waals surface area contributed by atoms with E-state index in [-0.39, 0.29) is 18.9 Å². The minimum Gasteiger partial charge on any atom is -0.312 e. The first-order chi connectivity index (χ1) is 8.06. The molecule has 0 atom stereocenters. The molecular weight excluding hydrogens is 217 g/mol. The summed E-state index contributed by atoms with van der Waals surface area (Å²) in [6.45, 7) is 12.2. The van der Waals surface area contributed by atoms with E-state index in [4.69, 9.17) is 0 Å². The third-order valence-electron chi connectivity index (χ3n) is 1.89. The van der Waals surface area contributed by atoms with Crippen molar-refractivity contribution < 1.29 is 0 Å². The Labute approximate surface area is 124 Å².